The first kappa shape index (κ1) is 19.5. The average Bonchev–Trinajstić information content (AvgIpc) is 2.99. The van der Waals surface area contributed by atoms with Crippen molar-refractivity contribution in [3.05, 3.63) is 0 Å². The molecule has 0 bridgehead atoms. The summed E-state index contributed by atoms with van der Waals surface area (Å²) in [5, 5.41) is 15.6. The van der Waals surface area contributed by atoms with Gasteiger partial charge in [0.15, 0.2) is 0 Å². The quantitative estimate of drug-likeness (QED) is 0.665. The van der Waals surface area contributed by atoms with Gasteiger partial charge >= 0.3 is 6.03 Å². The molecular formula is C19H36N2O3. The number of carbonyl (C=O) groups excluding carboxylic acids is 1. The van der Waals surface area contributed by atoms with Crippen molar-refractivity contribution in [1.82, 2.24) is 10.6 Å². The van der Waals surface area contributed by atoms with Crippen LogP contribution < -0.4 is 10.6 Å². The molecule has 2 fully saturated rings. The van der Waals surface area contributed by atoms with Gasteiger partial charge in [0.05, 0.1) is 24.4 Å². The summed E-state index contributed by atoms with van der Waals surface area (Å²) in [4.78, 5) is 12.3. The highest BCUT2D eigenvalue weighted by atomic mass is 16.5. The summed E-state index contributed by atoms with van der Waals surface area (Å²) >= 11 is 0. The third kappa shape index (κ3) is 6.60. The Morgan fingerprint density at radius 3 is 2.46 bits per heavy atom. The lowest BCUT2D eigenvalue weighted by atomic mass is 9.87. The van der Waals surface area contributed by atoms with Gasteiger partial charge in [0, 0.05) is 6.54 Å². The number of hydrogen-bond acceptors (Lipinski definition) is 3. The summed E-state index contributed by atoms with van der Waals surface area (Å²) in [7, 11) is 0. The van der Waals surface area contributed by atoms with Gasteiger partial charge in [-0.05, 0) is 44.4 Å². The Balaban J connectivity index is 1.77. The van der Waals surface area contributed by atoms with E-state index in [0.29, 0.717) is 19.1 Å². The van der Waals surface area contributed by atoms with Crippen molar-refractivity contribution in [2.75, 3.05) is 6.54 Å². The fraction of sp³-hybridized carbons (Fsp3) is 0.947. The maximum atomic E-state index is 12.3. The summed E-state index contributed by atoms with van der Waals surface area (Å²) in [5.41, 5.74) is -0.113. The molecule has 0 aromatic heterocycles. The predicted molar refractivity (Wildman–Crippen MR) is 96.0 cm³/mol. The van der Waals surface area contributed by atoms with Crippen molar-refractivity contribution in [2.24, 2.45) is 5.41 Å². The van der Waals surface area contributed by atoms with E-state index >= 15 is 0 Å². The van der Waals surface area contributed by atoms with Crippen molar-refractivity contribution in [3.8, 4) is 0 Å². The van der Waals surface area contributed by atoms with Gasteiger partial charge in [0.25, 0.3) is 0 Å². The molecule has 3 unspecified atom stereocenters. The average molecular weight is 341 g/mol. The first-order valence-electron chi connectivity index (χ1n) is 9.73. The lowest BCUT2D eigenvalue weighted by molar-refractivity contribution is -0.0410. The van der Waals surface area contributed by atoms with Crippen molar-refractivity contribution in [2.45, 2.75) is 103 Å². The molecule has 0 radical (unpaired) electrons. The number of urea groups is 1. The van der Waals surface area contributed by atoms with Crippen LogP contribution >= 0.6 is 0 Å². The number of aliphatic hydroxyl groups excluding tert-OH is 1. The number of ether oxygens (including phenoxy) is 1. The van der Waals surface area contributed by atoms with Gasteiger partial charge in [-0.25, -0.2) is 4.79 Å². The highest BCUT2D eigenvalue weighted by molar-refractivity contribution is 5.74. The van der Waals surface area contributed by atoms with Gasteiger partial charge in [-0.3, -0.25) is 0 Å². The smallest absolute Gasteiger partial charge is 0.315 e. The van der Waals surface area contributed by atoms with E-state index < -0.39 is 0 Å². The maximum Gasteiger partial charge on any atom is 0.315 e. The lowest BCUT2D eigenvalue weighted by Gasteiger charge is -2.34. The minimum atomic E-state index is -0.354. The van der Waals surface area contributed by atoms with E-state index in [1.165, 1.54) is 32.1 Å². The lowest BCUT2D eigenvalue weighted by Crippen LogP contribution is -2.51. The van der Waals surface area contributed by atoms with E-state index in [1.54, 1.807) is 6.92 Å². The fourth-order valence-electron chi connectivity index (χ4n) is 4.11. The number of amides is 2. The number of aliphatic hydroxyl groups is 1. The van der Waals surface area contributed by atoms with Crippen molar-refractivity contribution in [3.63, 3.8) is 0 Å². The first-order valence-corrected chi connectivity index (χ1v) is 9.73. The van der Waals surface area contributed by atoms with Gasteiger partial charge in [-0.2, -0.15) is 0 Å². The van der Waals surface area contributed by atoms with Crippen LogP contribution in [0.2, 0.25) is 0 Å². The molecule has 2 saturated carbocycles. The molecule has 140 valence electrons. The van der Waals surface area contributed by atoms with Crippen molar-refractivity contribution < 1.29 is 14.6 Å². The van der Waals surface area contributed by atoms with E-state index in [1.807, 2.05) is 0 Å². The number of rotatable bonds is 7. The van der Waals surface area contributed by atoms with Gasteiger partial charge in [0.1, 0.15) is 0 Å². The van der Waals surface area contributed by atoms with Crippen LogP contribution in [0.25, 0.3) is 0 Å². The van der Waals surface area contributed by atoms with Crippen molar-refractivity contribution >= 4 is 6.03 Å². The normalized spacial score (nSPS) is 27.0. The molecule has 24 heavy (non-hydrogen) atoms. The highest BCUT2D eigenvalue weighted by Crippen LogP contribution is 2.28. The van der Waals surface area contributed by atoms with Gasteiger partial charge in [-0.1, -0.05) is 39.5 Å². The zero-order valence-electron chi connectivity index (χ0n) is 15.6. The zero-order valence-corrected chi connectivity index (χ0v) is 15.6. The topological polar surface area (TPSA) is 70.6 Å². The number of hydrogen-bond donors (Lipinski definition) is 3. The third-order valence-corrected chi connectivity index (χ3v) is 5.26. The van der Waals surface area contributed by atoms with E-state index in [0.717, 1.165) is 19.3 Å². The van der Waals surface area contributed by atoms with E-state index in [-0.39, 0.29) is 29.7 Å². The molecule has 0 heterocycles. The Morgan fingerprint density at radius 1 is 1.17 bits per heavy atom. The van der Waals surface area contributed by atoms with E-state index in [2.05, 4.69) is 24.5 Å². The predicted octanol–water partition coefficient (Wildman–Crippen LogP) is 3.35. The Kier molecular flexibility index (Phi) is 7.35. The largest absolute Gasteiger partial charge is 0.393 e. The molecule has 0 aromatic rings. The minimum Gasteiger partial charge on any atom is -0.393 e. The molecule has 2 rings (SSSR count). The van der Waals surface area contributed by atoms with Gasteiger partial charge in [-0.15, -0.1) is 0 Å². The summed E-state index contributed by atoms with van der Waals surface area (Å²) in [6.45, 7) is 6.47. The van der Waals surface area contributed by atoms with Crippen LogP contribution in [-0.4, -0.2) is 42.0 Å². The Hall–Kier alpha value is -0.810. The molecule has 3 N–H and O–H groups in total. The number of nitrogens with one attached hydrogen (secondary N) is 2. The molecule has 2 aliphatic carbocycles. The summed E-state index contributed by atoms with van der Waals surface area (Å²) in [6.07, 6.45) is 10.2. The Morgan fingerprint density at radius 2 is 1.79 bits per heavy atom. The Labute approximate surface area is 146 Å². The molecule has 0 saturated heterocycles. The second-order valence-corrected chi connectivity index (χ2v) is 8.52. The Bertz CT molecular complexity index is 392. The van der Waals surface area contributed by atoms with Crippen LogP contribution in [0, 0.1) is 5.41 Å². The second kappa shape index (κ2) is 9.04. The number of carbonyl (C=O) groups is 1. The van der Waals surface area contributed by atoms with Crippen LogP contribution in [0.3, 0.4) is 0 Å². The van der Waals surface area contributed by atoms with Crippen LogP contribution in [0.1, 0.15) is 78.6 Å². The van der Waals surface area contributed by atoms with Gasteiger partial charge in [0.2, 0.25) is 0 Å². The molecule has 5 nitrogen and oxygen atoms in total. The maximum absolute atomic E-state index is 12.3. The summed E-state index contributed by atoms with van der Waals surface area (Å²) in [5.74, 6) is 0. The van der Waals surface area contributed by atoms with Crippen LogP contribution in [-0.2, 0) is 4.74 Å². The third-order valence-electron chi connectivity index (χ3n) is 5.26. The van der Waals surface area contributed by atoms with Crippen molar-refractivity contribution in [1.29, 1.82) is 0 Å². The molecular weight excluding hydrogens is 304 g/mol. The fourth-order valence-corrected chi connectivity index (χ4v) is 4.11. The monoisotopic (exact) mass is 340 g/mol. The molecule has 2 amide bonds. The standard InChI is InChI=1S/C19H36N2O3/c1-14(22)12-19(2,3)13-20-18(23)21-16-10-6-7-11-17(16)24-15-8-4-5-9-15/h14-17,22H,4-13H2,1-3H3,(H2,20,21,23). The van der Waals surface area contributed by atoms with E-state index in [4.69, 9.17) is 4.74 Å². The molecule has 5 heteroatoms. The molecule has 2 aliphatic rings. The second-order valence-electron chi connectivity index (χ2n) is 8.52. The van der Waals surface area contributed by atoms with Crippen LogP contribution in [0.15, 0.2) is 0 Å². The minimum absolute atomic E-state index is 0.111. The van der Waals surface area contributed by atoms with E-state index in [9.17, 15) is 9.90 Å². The molecule has 0 aliphatic heterocycles. The van der Waals surface area contributed by atoms with Crippen LogP contribution in [0.5, 0.6) is 0 Å². The highest BCUT2D eigenvalue weighted by Gasteiger charge is 2.31. The molecule has 0 aromatic carbocycles. The zero-order chi connectivity index (χ0) is 17.6. The molecule has 3 atom stereocenters. The SMILES string of the molecule is CC(O)CC(C)(C)CNC(=O)NC1CCCCC1OC1CCCC1. The van der Waals surface area contributed by atoms with Crippen LogP contribution in [0.4, 0.5) is 4.79 Å². The summed E-state index contributed by atoms with van der Waals surface area (Å²) in [6, 6.07) is 0.0137. The summed E-state index contributed by atoms with van der Waals surface area (Å²) < 4.78 is 6.29. The molecule has 0 spiro atoms. The first-order chi connectivity index (χ1) is 11.4. The van der Waals surface area contributed by atoms with Gasteiger partial charge < -0.3 is 20.5 Å².